The number of hydrogen-bond donors (Lipinski definition) is 1. The average Bonchev–Trinajstić information content (AvgIpc) is 3.22. The van der Waals surface area contributed by atoms with Gasteiger partial charge in [-0.2, -0.15) is 0 Å². The van der Waals surface area contributed by atoms with Crippen molar-refractivity contribution in [2.75, 3.05) is 18.4 Å². The van der Waals surface area contributed by atoms with E-state index in [1.807, 2.05) is 18.7 Å². The standard InChI is InChI=1S/C14H20FN3O/c1-3-7-18(11-5-6-11)14(19)12-8-10(15)9-17-13(12)16-4-2/h8-9,11H,3-7H2,1-2H3,(H,16,17). The molecule has 104 valence electrons. The minimum atomic E-state index is -0.475. The van der Waals surface area contributed by atoms with Crippen LogP contribution in [0.2, 0.25) is 0 Å². The molecule has 1 saturated carbocycles. The third kappa shape index (κ3) is 3.22. The largest absolute Gasteiger partial charge is 0.370 e. The lowest BCUT2D eigenvalue weighted by molar-refractivity contribution is 0.0743. The van der Waals surface area contributed by atoms with Gasteiger partial charge in [0.05, 0.1) is 11.8 Å². The topological polar surface area (TPSA) is 45.2 Å². The first kappa shape index (κ1) is 13.8. The number of hydrogen-bond acceptors (Lipinski definition) is 3. The lowest BCUT2D eigenvalue weighted by atomic mass is 10.2. The lowest BCUT2D eigenvalue weighted by Crippen LogP contribution is -2.34. The molecule has 1 aromatic rings. The number of nitrogens with one attached hydrogen (secondary N) is 1. The van der Waals surface area contributed by atoms with Crippen LogP contribution in [-0.4, -0.2) is 34.9 Å². The van der Waals surface area contributed by atoms with Gasteiger partial charge in [0, 0.05) is 19.1 Å². The van der Waals surface area contributed by atoms with Gasteiger partial charge in [-0.15, -0.1) is 0 Å². The summed E-state index contributed by atoms with van der Waals surface area (Å²) in [6, 6.07) is 1.60. The zero-order valence-corrected chi connectivity index (χ0v) is 11.4. The van der Waals surface area contributed by atoms with E-state index in [9.17, 15) is 9.18 Å². The van der Waals surface area contributed by atoms with Crippen LogP contribution in [0.25, 0.3) is 0 Å². The predicted octanol–water partition coefficient (Wildman–Crippen LogP) is 2.67. The summed E-state index contributed by atoms with van der Waals surface area (Å²) in [6.07, 6.45) is 4.13. The van der Waals surface area contributed by atoms with E-state index in [0.29, 0.717) is 30.5 Å². The van der Waals surface area contributed by atoms with E-state index in [4.69, 9.17) is 0 Å². The molecular weight excluding hydrogens is 245 g/mol. The highest BCUT2D eigenvalue weighted by Crippen LogP contribution is 2.29. The molecule has 0 radical (unpaired) electrons. The van der Waals surface area contributed by atoms with Crippen LogP contribution in [0.4, 0.5) is 10.2 Å². The Hall–Kier alpha value is -1.65. The van der Waals surface area contributed by atoms with Gasteiger partial charge in [0.15, 0.2) is 0 Å². The van der Waals surface area contributed by atoms with E-state index in [-0.39, 0.29) is 5.91 Å². The summed E-state index contributed by atoms with van der Waals surface area (Å²) in [5, 5.41) is 3.02. The molecule has 0 atom stereocenters. The molecule has 4 nitrogen and oxygen atoms in total. The molecule has 0 aromatic carbocycles. The summed E-state index contributed by atoms with van der Waals surface area (Å²) < 4.78 is 13.4. The van der Waals surface area contributed by atoms with Crippen molar-refractivity contribution in [1.82, 2.24) is 9.88 Å². The van der Waals surface area contributed by atoms with Crippen molar-refractivity contribution >= 4 is 11.7 Å². The number of nitrogens with zero attached hydrogens (tertiary/aromatic N) is 2. The van der Waals surface area contributed by atoms with E-state index >= 15 is 0 Å². The molecule has 1 amide bonds. The molecular formula is C14H20FN3O. The minimum absolute atomic E-state index is 0.118. The van der Waals surface area contributed by atoms with Crippen LogP contribution in [0.3, 0.4) is 0 Å². The van der Waals surface area contributed by atoms with Crippen molar-refractivity contribution in [2.24, 2.45) is 0 Å². The molecule has 2 rings (SSSR count). The van der Waals surface area contributed by atoms with Gasteiger partial charge < -0.3 is 10.2 Å². The van der Waals surface area contributed by atoms with Gasteiger partial charge in [0.2, 0.25) is 0 Å². The van der Waals surface area contributed by atoms with Gasteiger partial charge >= 0.3 is 0 Å². The minimum Gasteiger partial charge on any atom is -0.370 e. The monoisotopic (exact) mass is 265 g/mol. The second kappa shape index (κ2) is 5.99. The van der Waals surface area contributed by atoms with Gasteiger partial charge in [0.25, 0.3) is 5.91 Å². The molecule has 1 fully saturated rings. The lowest BCUT2D eigenvalue weighted by Gasteiger charge is -2.22. The van der Waals surface area contributed by atoms with Crippen molar-refractivity contribution < 1.29 is 9.18 Å². The Morgan fingerprint density at radius 1 is 1.53 bits per heavy atom. The maximum atomic E-state index is 13.4. The van der Waals surface area contributed by atoms with Crippen LogP contribution in [0.5, 0.6) is 0 Å². The molecule has 5 heteroatoms. The fraction of sp³-hybridized carbons (Fsp3) is 0.571. The maximum absolute atomic E-state index is 13.4. The van der Waals surface area contributed by atoms with Crippen molar-refractivity contribution in [3.8, 4) is 0 Å². The SMILES string of the molecule is CCCN(C(=O)c1cc(F)cnc1NCC)C1CC1. The van der Waals surface area contributed by atoms with Gasteiger partial charge in [-0.3, -0.25) is 4.79 Å². The second-order valence-corrected chi connectivity index (χ2v) is 4.81. The number of pyridine rings is 1. The van der Waals surface area contributed by atoms with Crippen LogP contribution in [-0.2, 0) is 0 Å². The number of amides is 1. The maximum Gasteiger partial charge on any atom is 0.257 e. The van der Waals surface area contributed by atoms with E-state index in [1.54, 1.807) is 0 Å². The van der Waals surface area contributed by atoms with Gasteiger partial charge in [0.1, 0.15) is 11.6 Å². The second-order valence-electron chi connectivity index (χ2n) is 4.81. The van der Waals surface area contributed by atoms with Crippen LogP contribution in [0, 0.1) is 5.82 Å². The molecule has 1 aliphatic rings. The summed E-state index contributed by atoms with van der Waals surface area (Å²) in [5.41, 5.74) is 0.335. The summed E-state index contributed by atoms with van der Waals surface area (Å²) >= 11 is 0. The molecule has 1 aliphatic carbocycles. The molecule has 0 aliphatic heterocycles. The van der Waals surface area contributed by atoms with Crippen LogP contribution >= 0.6 is 0 Å². The molecule has 1 N–H and O–H groups in total. The first-order valence-electron chi connectivity index (χ1n) is 6.87. The number of aromatic nitrogens is 1. The first-order chi connectivity index (χ1) is 9.17. The Bertz CT molecular complexity index is 460. The molecule has 1 aromatic heterocycles. The van der Waals surface area contributed by atoms with Gasteiger partial charge in [-0.05, 0) is 32.3 Å². The Kier molecular flexibility index (Phi) is 4.35. The zero-order valence-electron chi connectivity index (χ0n) is 11.4. The zero-order chi connectivity index (χ0) is 13.8. The summed E-state index contributed by atoms with van der Waals surface area (Å²) in [6.45, 7) is 5.32. The summed E-state index contributed by atoms with van der Waals surface area (Å²) in [7, 11) is 0. The Labute approximate surface area is 113 Å². The molecule has 1 heterocycles. The first-order valence-corrected chi connectivity index (χ1v) is 6.87. The fourth-order valence-corrected chi connectivity index (χ4v) is 2.14. The Balaban J connectivity index is 2.27. The third-order valence-corrected chi connectivity index (χ3v) is 3.14. The van der Waals surface area contributed by atoms with Gasteiger partial charge in [-0.1, -0.05) is 6.92 Å². The van der Waals surface area contributed by atoms with Gasteiger partial charge in [-0.25, -0.2) is 9.37 Å². The number of carbonyl (C=O) groups excluding carboxylic acids is 1. The Morgan fingerprint density at radius 3 is 2.84 bits per heavy atom. The number of halogens is 1. The van der Waals surface area contributed by atoms with E-state index < -0.39 is 5.82 Å². The number of rotatable bonds is 6. The quantitative estimate of drug-likeness (QED) is 0.860. The average molecular weight is 265 g/mol. The third-order valence-electron chi connectivity index (χ3n) is 3.14. The highest BCUT2D eigenvalue weighted by molar-refractivity contribution is 5.99. The Morgan fingerprint density at radius 2 is 2.26 bits per heavy atom. The predicted molar refractivity (Wildman–Crippen MR) is 72.7 cm³/mol. The van der Waals surface area contributed by atoms with Crippen molar-refractivity contribution in [3.05, 3.63) is 23.6 Å². The van der Waals surface area contributed by atoms with E-state index in [2.05, 4.69) is 10.3 Å². The van der Waals surface area contributed by atoms with Crippen LogP contribution in [0.15, 0.2) is 12.3 Å². The summed E-state index contributed by atoms with van der Waals surface area (Å²) in [5.74, 6) is -0.125. The molecule has 19 heavy (non-hydrogen) atoms. The summed E-state index contributed by atoms with van der Waals surface area (Å²) in [4.78, 5) is 18.4. The van der Waals surface area contributed by atoms with Crippen LogP contribution < -0.4 is 5.32 Å². The normalized spacial score (nSPS) is 14.3. The number of carbonyl (C=O) groups is 1. The van der Waals surface area contributed by atoms with Crippen LogP contribution in [0.1, 0.15) is 43.5 Å². The molecule has 0 unspecified atom stereocenters. The fourth-order valence-electron chi connectivity index (χ4n) is 2.14. The molecule has 0 saturated heterocycles. The highest BCUT2D eigenvalue weighted by Gasteiger charge is 2.33. The molecule has 0 spiro atoms. The number of anilines is 1. The van der Waals surface area contributed by atoms with Crippen molar-refractivity contribution in [3.63, 3.8) is 0 Å². The smallest absolute Gasteiger partial charge is 0.257 e. The highest BCUT2D eigenvalue weighted by atomic mass is 19.1. The van der Waals surface area contributed by atoms with Crippen molar-refractivity contribution in [1.29, 1.82) is 0 Å². The van der Waals surface area contributed by atoms with E-state index in [1.165, 1.54) is 6.07 Å². The van der Waals surface area contributed by atoms with Crippen molar-refractivity contribution in [2.45, 2.75) is 39.2 Å². The molecule has 0 bridgehead atoms. The van der Waals surface area contributed by atoms with E-state index in [0.717, 1.165) is 25.5 Å².